The molecule has 68 heavy (non-hydrogen) atoms. The maximum atomic E-state index is 13.1. The van der Waals surface area contributed by atoms with Gasteiger partial charge in [-0.15, -0.1) is 13.2 Å². The number of benzene rings is 2. The lowest BCUT2D eigenvalue weighted by atomic mass is 9.88. The number of aryl methyl sites for hydroxylation is 2. The maximum Gasteiger partial charge on any atom is 0.339 e. The zero-order chi connectivity index (χ0) is 49.0. The molecule has 0 saturated heterocycles. The number of carbonyl (C=O) groups excluding carboxylic acids is 2. The molecule has 2 aliphatic carbocycles. The molecule has 4 aliphatic rings. The molecule has 0 radical (unpaired) electrons. The number of allylic oxidation sites excluding steroid dienone is 6. The molecule has 2 aliphatic heterocycles. The van der Waals surface area contributed by atoms with E-state index in [4.69, 9.17) is 33.9 Å². The van der Waals surface area contributed by atoms with Gasteiger partial charge in [0, 0.05) is 48.7 Å². The molecule has 6 rings (SSSR count). The van der Waals surface area contributed by atoms with Gasteiger partial charge >= 0.3 is 5.97 Å². The van der Waals surface area contributed by atoms with Gasteiger partial charge in [-0.3, -0.25) is 4.79 Å². The Balaban J connectivity index is 0.000000254. The van der Waals surface area contributed by atoms with Crippen molar-refractivity contribution in [2.45, 2.75) is 115 Å². The van der Waals surface area contributed by atoms with Crippen LogP contribution < -0.4 is 9.47 Å². The average molecular weight is 953 g/mol. The van der Waals surface area contributed by atoms with E-state index < -0.39 is 18.3 Å². The SMILES string of the molecule is C=C(C)CCCC(O)COC1=CC2OC(=O)C(c3ccc(OCCCO)cc3CC)=CC2C=C1.C=C(C)CCCC(O)COC1=CC2SC(=O)C(c3ccc(OCCCO)cc3CC)=CC2C=C1. The molecule has 2 heterocycles. The van der Waals surface area contributed by atoms with Gasteiger partial charge < -0.3 is 44.1 Å². The largest absolute Gasteiger partial charge is 0.493 e. The van der Waals surface area contributed by atoms with E-state index >= 15 is 0 Å². The number of hydrogen-bond donors (Lipinski definition) is 4. The summed E-state index contributed by atoms with van der Waals surface area (Å²) in [5.74, 6) is 2.45. The van der Waals surface area contributed by atoms with Crippen molar-refractivity contribution in [2.75, 3.05) is 39.6 Å². The van der Waals surface area contributed by atoms with Crippen LogP contribution in [0.1, 0.15) is 101 Å². The van der Waals surface area contributed by atoms with Crippen molar-refractivity contribution in [3.8, 4) is 11.5 Å². The fourth-order valence-corrected chi connectivity index (χ4v) is 9.15. The summed E-state index contributed by atoms with van der Waals surface area (Å²) in [6, 6.07) is 11.5. The molecule has 12 heteroatoms. The van der Waals surface area contributed by atoms with Crippen LogP contribution in [0.5, 0.6) is 11.5 Å². The van der Waals surface area contributed by atoms with E-state index in [1.807, 2.05) is 87.5 Å². The normalized spacial score (nSPS) is 20.2. The summed E-state index contributed by atoms with van der Waals surface area (Å²) in [6.45, 7) is 17.4. The van der Waals surface area contributed by atoms with E-state index in [0.29, 0.717) is 56.0 Å². The zero-order valence-electron chi connectivity index (χ0n) is 40.3. The molecule has 11 nitrogen and oxygen atoms in total. The highest BCUT2D eigenvalue weighted by molar-refractivity contribution is 8.15. The maximum absolute atomic E-state index is 13.1. The molecule has 4 N–H and O–H groups in total. The van der Waals surface area contributed by atoms with Crippen LogP contribution in [0, 0.1) is 11.8 Å². The summed E-state index contributed by atoms with van der Waals surface area (Å²) in [7, 11) is 0. The van der Waals surface area contributed by atoms with Gasteiger partial charge in [-0.25, -0.2) is 4.79 Å². The van der Waals surface area contributed by atoms with Gasteiger partial charge in [0.25, 0.3) is 0 Å². The predicted molar refractivity (Wildman–Crippen MR) is 271 cm³/mol. The molecule has 368 valence electrons. The van der Waals surface area contributed by atoms with Crippen molar-refractivity contribution in [3.05, 3.63) is 143 Å². The standard InChI is InChI=1S/C28H36O6.C28H36O5S/c2*1-4-20-15-23(32-14-6-13-29)11-12-25(20)26-16-21-9-10-24(17-27(21)34-28(26)31)33-18-22(30)8-5-7-19(2)3/h2*9-12,15-17,21-22,27,29-30H,2,4-8,13-14,18H2,1,3H3. The fraction of sp³-hybridized carbons (Fsp3) is 0.464. The number of aliphatic hydroxyl groups excluding tert-OH is 4. The Labute approximate surface area is 407 Å². The minimum absolute atomic E-state index is 0.0111. The molecule has 0 fully saturated rings. The van der Waals surface area contributed by atoms with Crippen molar-refractivity contribution >= 4 is 34.0 Å². The zero-order valence-corrected chi connectivity index (χ0v) is 41.1. The van der Waals surface area contributed by atoms with Crippen LogP contribution in [0.3, 0.4) is 0 Å². The highest BCUT2D eigenvalue weighted by Gasteiger charge is 2.34. The van der Waals surface area contributed by atoms with Crippen LogP contribution in [-0.2, 0) is 36.6 Å². The van der Waals surface area contributed by atoms with Gasteiger partial charge in [0.1, 0.15) is 42.3 Å². The number of thioether (sulfide) groups is 1. The molecule has 0 spiro atoms. The molecule has 0 saturated carbocycles. The van der Waals surface area contributed by atoms with Gasteiger partial charge in [0.2, 0.25) is 5.12 Å². The number of aliphatic hydroxyl groups is 4. The lowest BCUT2D eigenvalue weighted by Gasteiger charge is -2.29. The smallest absolute Gasteiger partial charge is 0.339 e. The first kappa shape index (κ1) is 53.8. The molecular formula is C56H72O11S. The van der Waals surface area contributed by atoms with Crippen molar-refractivity contribution in [3.63, 3.8) is 0 Å². The second-order valence-electron chi connectivity index (χ2n) is 17.7. The summed E-state index contributed by atoms with van der Waals surface area (Å²) < 4.78 is 28.7. The summed E-state index contributed by atoms with van der Waals surface area (Å²) in [4.78, 5) is 25.9. The summed E-state index contributed by atoms with van der Waals surface area (Å²) in [6.07, 6.45) is 21.8. The Kier molecular flexibility index (Phi) is 22.0. The van der Waals surface area contributed by atoms with Crippen molar-refractivity contribution in [1.29, 1.82) is 0 Å². The molecule has 2 aromatic rings. The van der Waals surface area contributed by atoms with Crippen LogP contribution in [0.25, 0.3) is 11.1 Å². The minimum atomic E-state index is -0.546. The van der Waals surface area contributed by atoms with E-state index in [9.17, 15) is 19.8 Å². The monoisotopic (exact) mass is 952 g/mol. The van der Waals surface area contributed by atoms with E-state index in [1.54, 1.807) is 6.08 Å². The minimum Gasteiger partial charge on any atom is -0.493 e. The molecule has 2 aromatic carbocycles. The third-order valence-electron chi connectivity index (χ3n) is 11.8. The second-order valence-corrected chi connectivity index (χ2v) is 18.9. The van der Waals surface area contributed by atoms with Gasteiger partial charge in [-0.05, 0) is 136 Å². The fourth-order valence-electron chi connectivity index (χ4n) is 8.07. The molecule has 0 bridgehead atoms. The molecular weight excluding hydrogens is 881 g/mol. The summed E-state index contributed by atoms with van der Waals surface area (Å²) in [5, 5.41) is 38.2. The second kappa shape index (κ2) is 27.8. The van der Waals surface area contributed by atoms with Crippen LogP contribution in [-0.4, -0.2) is 94.7 Å². The van der Waals surface area contributed by atoms with Gasteiger partial charge in [-0.1, -0.05) is 73.2 Å². The highest BCUT2D eigenvalue weighted by Crippen LogP contribution is 2.41. The van der Waals surface area contributed by atoms with Gasteiger partial charge in [0.15, 0.2) is 0 Å². The Morgan fingerprint density at radius 3 is 1.69 bits per heavy atom. The number of ether oxygens (including phenoxy) is 5. The molecule has 6 atom stereocenters. The highest BCUT2D eigenvalue weighted by atomic mass is 32.2. The number of hydrogen-bond acceptors (Lipinski definition) is 12. The van der Waals surface area contributed by atoms with Crippen LogP contribution in [0.4, 0.5) is 0 Å². The molecule has 6 unspecified atom stereocenters. The van der Waals surface area contributed by atoms with Gasteiger partial charge in [0.05, 0.1) is 31.0 Å². The van der Waals surface area contributed by atoms with E-state index in [-0.39, 0.29) is 54.6 Å². The molecule has 0 aromatic heterocycles. The predicted octanol–water partition coefficient (Wildman–Crippen LogP) is 9.74. The third-order valence-corrected chi connectivity index (χ3v) is 13.0. The van der Waals surface area contributed by atoms with Crippen molar-refractivity contribution in [1.82, 2.24) is 0 Å². The quantitative estimate of drug-likeness (QED) is 0.0402. The van der Waals surface area contributed by atoms with E-state index in [0.717, 1.165) is 89.0 Å². The topological polar surface area (TPSA) is 161 Å². The lowest BCUT2D eigenvalue weighted by molar-refractivity contribution is -0.141. The number of esters is 1. The van der Waals surface area contributed by atoms with E-state index in [1.165, 1.54) is 11.8 Å². The van der Waals surface area contributed by atoms with Crippen LogP contribution in [0.15, 0.2) is 121 Å². The first-order valence-corrected chi connectivity index (χ1v) is 25.0. The number of carbonyl (C=O) groups is 2. The van der Waals surface area contributed by atoms with Crippen molar-refractivity contribution < 1.29 is 53.7 Å². The number of fused-ring (bicyclic) bond motifs is 2. The Morgan fingerprint density at radius 2 is 1.18 bits per heavy atom. The van der Waals surface area contributed by atoms with Crippen molar-refractivity contribution in [2.24, 2.45) is 11.8 Å². The lowest BCUT2D eigenvalue weighted by Crippen LogP contribution is -2.31. The first-order valence-electron chi connectivity index (χ1n) is 24.1. The van der Waals surface area contributed by atoms with Crippen LogP contribution in [0.2, 0.25) is 0 Å². The van der Waals surface area contributed by atoms with Crippen LogP contribution >= 0.6 is 11.8 Å². The summed E-state index contributed by atoms with van der Waals surface area (Å²) >= 11 is 1.32. The summed E-state index contributed by atoms with van der Waals surface area (Å²) in [5.41, 5.74) is 7.39. The molecule has 0 amide bonds. The average Bonchev–Trinajstić information content (AvgIpc) is 3.32. The number of rotatable bonds is 26. The Bertz CT molecular complexity index is 2080. The Morgan fingerprint density at radius 1 is 0.676 bits per heavy atom. The third kappa shape index (κ3) is 16.5. The first-order chi connectivity index (χ1) is 32.8. The Hall–Kier alpha value is -5.11. The van der Waals surface area contributed by atoms with E-state index in [2.05, 4.69) is 32.2 Å². The van der Waals surface area contributed by atoms with Gasteiger partial charge in [-0.2, -0.15) is 0 Å².